The third-order valence-electron chi connectivity index (χ3n) is 6.80. The molecular formula is C25H33N5O3. The lowest BCUT2D eigenvalue weighted by Crippen LogP contribution is -2.64. The van der Waals surface area contributed by atoms with Gasteiger partial charge in [0.05, 0.1) is 6.54 Å². The fraction of sp³-hybridized carbons (Fsp3) is 0.520. The van der Waals surface area contributed by atoms with Crippen molar-refractivity contribution in [3.05, 3.63) is 53.3 Å². The van der Waals surface area contributed by atoms with E-state index in [1.807, 2.05) is 25.1 Å². The van der Waals surface area contributed by atoms with Crippen LogP contribution in [0.2, 0.25) is 0 Å². The van der Waals surface area contributed by atoms with E-state index < -0.39 is 5.54 Å². The van der Waals surface area contributed by atoms with E-state index in [0.717, 1.165) is 38.5 Å². The number of likely N-dealkylation sites (N-methyl/N-ethyl adjacent to an activating group) is 1. The van der Waals surface area contributed by atoms with Gasteiger partial charge in [0.25, 0.3) is 11.8 Å². The number of hydrogen-bond donors (Lipinski definition) is 2. The Morgan fingerprint density at radius 1 is 1.18 bits per heavy atom. The van der Waals surface area contributed by atoms with Crippen molar-refractivity contribution in [3.63, 3.8) is 0 Å². The van der Waals surface area contributed by atoms with Crippen LogP contribution < -0.4 is 10.6 Å². The van der Waals surface area contributed by atoms with Crippen molar-refractivity contribution < 1.29 is 14.4 Å². The van der Waals surface area contributed by atoms with Crippen LogP contribution in [0.1, 0.15) is 72.5 Å². The molecule has 3 amide bonds. The number of fused-ring (bicyclic) bond motifs is 1. The smallest absolute Gasteiger partial charge is 0.273 e. The van der Waals surface area contributed by atoms with Crippen LogP contribution in [0, 0.1) is 0 Å². The molecule has 0 saturated heterocycles. The van der Waals surface area contributed by atoms with Crippen molar-refractivity contribution in [2.45, 2.75) is 70.5 Å². The second kappa shape index (κ2) is 9.77. The monoisotopic (exact) mass is 451 g/mol. The number of amides is 3. The van der Waals surface area contributed by atoms with Gasteiger partial charge in [-0.15, -0.1) is 0 Å². The Labute approximate surface area is 194 Å². The molecule has 8 nitrogen and oxygen atoms in total. The molecular weight excluding hydrogens is 418 g/mol. The first kappa shape index (κ1) is 23.0. The zero-order valence-corrected chi connectivity index (χ0v) is 19.5. The summed E-state index contributed by atoms with van der Waals surface area (Å²) in [5.74, 6) is -0.737. The molecule has 4 rings (SSSR count). The lowest BCUT2D eigenvalue weighted by Gasteiger charge is -2.43. The lowest BCUT2D eigenvalue weighted by atomic mass is 9.94. The van der Waals surface area contributed by atoms with E-state index in [2.05, 4.69) is 27.9 Å². The fourth-order valence-corrected chi connectivity index (χ4v) is 4.89. The highest BCUT2D eigenvalue weighted by Crippen LogP contribution is 2.28. The molecule has 1 atom stereocenters. The maximum atomic E-state index is 13.2. The van der Waals surface area contributed by atoms with Crippen molar-refractivity contribution in [2.75, 3.05) is 13.1 Å². The molecule has 1 aliphatic heterocycles. The number of carbonyl (C=O) groups excluding carboxylic acids is 3. The number of aryl methyl sites for hydroxylation is 1. The van der Waals surface area contributed by atoms with E-state index in [1.165, 1.54) is 16.3 Å². The summed E-state index contributed by atoms with van der Waals surface area (Å²) in [6, 6.07) is 11.8. The molecule has 1 fully saturated rings. The predicted octanol–water partition coefficient (Wildman–Crippen LogP) is 2.54. The lowest BCUT2D eigenvalue weighted by molar-refractivity contribution is -0.133. The first-order valence-electron chi connectivity index (χ1n) is 12.0. The van der Waals surface area contributed by atoms with Crippen molar-refractivity contribution in [2.24, 2.45) is 0 Å². The average Bonchev–Trinajstić information content (AvgIpc) is 3.47. The van der Waals surface area contributed by atoms with E-state index in [0.29, 0.717) is 18.8 Å². The minimum atomic E-state index is -1.04. The number of rotatable bonds is 8. The summed E-state index contributed by atoms with van der Waals surface area (Å²) < 4.78 is 1.52. The van der Waals surface area contributed by atoms with Gasteiger partial charge in [0.1, 0.15) is 11.2 Å². The van der Waals surface area contributed by atoms with E-state index in [1.54, 1.807) is 11.8 Å². The summed E-state index contributed by atoms with van der Waals surface area (Å²) in [5, 5.41) is 10.4. The molecule has 2 aromatic rings. The van der Waals surface area contributed by atoms with E-state index >= 15 is 0 Å². The van der Waals surface area contributed by atoms with Crippen LogP contribution in [-0.4, -0.2) is 57.1 Å². The van der Waals surface area contributed by atoms with Crippen LogP contribution in [0.15, 0.2) is 36.4 Å². The van der Waals surface area contributed by atoms with Gasteiger partial charge in [0.15, 0.2) is 5.69 Å². The Morgan fingerprint density at radius 3 is 2.61 bits per heavy atom. The molecule has 1 aromatic heterocycles. The third kappa shape index (κ3) is 4.79. The Kier molecular flexibility index (Phi) is 6.81. The van der Waals surface area contributed by atoms with Crippen molar-refractivity contribution in [1.82, 2.24) is 25.3 Å². The van der Waals surface area contributed by atoms with Gasteiger partial charge in [0, 0.05) is 25.2 Å². The van der Waals surface area contributed by atoms with Crippen LogP contribution in [0.3, 0.4) is 0 Å². The number of aromatic nitrogens is 2. The zero-order chi connectivity index (χ0) is 23.4. The second-order valence-electron chi connectivity index (χ2n) is 9.20. The Hall–Kier alpha value is -3.16. The molecule has 2 aliphatic rings. The molecule has 1 aromatic carbocycles. The molecule has 176 valence electrons. The fourth-order valence-electron chi connectivity index (χ4n) is 4.89. The molecule has 1 saturated carbocycles. The van der Waals surface area contributed by atoms with E-state index in [4.69, 9.17) is 0 Å². The molecule has 1 aliphatic carbocycles. The Bertz CT molecular complexity index is 1010. The first-order chi connectivity index (χ1) is 15.9. The maximum absolute atomic E-state index is 13.2. The number of hydrogen-bond acceptors (Lipinski definition) is 4. The van der Waals surface area contributed by atoms with Gasteiger partial charge in [-0.05, 0) is 45.1 Å². The van der Waals surface area contributed by atoms with Gasteiger partial charge in [-0.3, -0.25) is 19.1 Å². The van der Waals surface area contributed by atoms with Gasteiger partial charge in [-0.2, -0.15) is 5.10 Å². The molecule has 0 radical (unpaired) electrons. The predicted molar refractivity (Wildman–Crippen MR) is 125 cm³/mol. The molecule has 2 N–H and O–H groups in total. The van der Waals surface area contributed by atoms with E-state index in [-0.39, 0.29) is 36.0 Å². The zero-order valence-electron chi connectivity index (χ0n) is 19.5. The van der Waals surface area contributed by atoms with Gasteiger partial charge in [0.2, 0.25) is 5.91 Å². The van der Waals surface area contributed by atoms with Gasteiger partial charge in [-0.1, -0.05) is 43.2 Å². The van der Waals surface area contributed by atoms with Gasteiger partial charge < -0.3 is 15.5 Å². The topological polar surface area (TPSA) is 96.3 Å². The molecule has 2 heterocycles. The summed E-state index contributed by atoms with van der Waals surface area (Å²) in [5.41, 5.74) is 0.730. The van der Waals surface area contributed by atoms with Crippen LogP contribution >= 0.6 is 0 Å². The largest absolute Gasteiger partial charge is 0.351 e. The average molecular weight is 452 g/mol. The first-order valence-corrected chi connectivity index (χ1v) is 12.0. The SMILES string of the molecule is CCN1C(=O)c2cc(C(=O)NCCCc3ccccc3)nn2CC1(C)C(=O)NC1CCCC1. The van der Waals surface area contributed by atoms with Crippen LogP contribution in [0.25, 0.3) is 0 Å². The summed E-state index contributed by atoms with van der Waals surface area (Å²) in [6.07, 6.45) is 5.87. The van der Waals surface area contributed by atoms with Crippen molar-refractivity contribution in [3.8, 4) is 0 Å². The summed E-state index contributed by atoms with van der Waals surface area (Å²) in [7, 11) is 0. The van der Waals surface area contributed by atoms with Crippen LogP contribution in [0.5, 0.6) is 0 Å². The van der Waals surface area contributed by atoms with Crippen molar-refractivity contribution in [1.29, 1.82) is 0 Å². The molecule has 0 spiro atoms. The number of nitrogens with zero attached hydrogens (tertiary/aromatic N) is 3. The molecule has 33 heavy (non-hydrogen) atoms. The minimum Gasteiger partial charge on any atom is -0.351 e. The number of carbonyl (C=O) groups is 3. The number of nitrogens with one attached hydrogen (secondary N) is 2. The third-order valence-corrected chi connectivity index (χ3v) is 6.80. The highest BCUT2D eigenvalue weighted by atomic mass is 16.2. The normalized spacial score (nSPS) is 20.5. The van der Waals surface area contributed by atoms with Crippen LogP contribution in [0.4, 0.5) is 0 Å². The quantitative estimate of drug-likeness (QED) is 0.603. The standard InChI is InChI=1S/C25H33N5O3/c1-3-29-23(32)21-16-20(22(31)26-15-9-12-18-10-5-4-6-11-18)28-30(21)17-25(29,2)24(33)27-19-13-7-8-14-19/h4-6,10-11,16,19H,3,7-9,12-15,17H2,1-2H3,(H,26,31)(H,27,33). The van der Waals surface area contributed by atoms with Crippen LogP contribution in [-0.2, 0) is 17.8 Å². The summed E-state index contributed by atoms with van der Waals surface area (Å²) >= 11 is 0. The maximum Gasteiger partial charge on any atom is 0.273 e. The molecule has 1 unspecified atom stereocenters. The molecule has 8 heteroatoms. The highest BCUT2D eigenvalue weighted by Gasteiger charge is 2.48. The Balaban J connectivity index is 1.42. The second-order valence-corrected chi connectivity index (χ2v) is 9.20. The molecule has 0 bridgehead atoms. The van der Waals surface area contributed by atoms with Crippen molar-refractivity contribution >= 4 is 17.7 Å². The van der Waals surface area contributed by atoms with E-state index in [9.17, 15) is 14.4 Å². The minimum absolute atomic E-state index is 0.155. The van der Waals surface area contributed by atoms with Gasteiger partial charge in [-0.25, -0.2) is 0 Å². The summed E-state index contributed by atoms with van der Waals surface area (Å²) in [4.78, 5) is 40.7. The number of benzene rings is 1. The highest BCUT2D eigenvalue weighted by molar-refractivity contribution is 6.01. The summed E-state index contributed by atoms with van der Waals surface area (Å²) in [6.45, 7) is 4.80. The van der Waals surface area contributed by atoms with Gasteiger partial charge >= 0.3 is 0 Å². The Morgan fingerprint density at radius 2 is 1.91 bits per heavy atom.